The lowest BCUT2D eigenvalue weighted by Crippen LogP contribution is -2.22. The number of benzene rings is 2. The number of amides is 2. The topological polar surface area (TPSA) is 62.3 Å². The molecule has 8 heteroatoms. The van der Waals surface area contributed by atoms with Gasteiger partial charge in [0.1, 0.15) is 4.32 Å². The Balaban J connectivity index is 1.39. The maximum absolute atomic E-state index is 12.6. The molecule has 0 spiro atoms. The van der Waals surface area contributed by atoms with Crippen LogP contribution in [0.3, 0.4) is 0 Å². The van der Waals surface area contributed by atoms with E-state index in [9.17, 15) is 9.59 Å². The summed E-state index contributed by atoms with van der Waals surface area (Å²) in [4.78, 5) is 32.1. The van der Waals surface area contributed by atoms with Gasteiger partial charge in [0.05, 0.1) is 4.91 Å². The van der Waals surface area contributed by atoms with Crippen molar-refractivity contribution in [2.75, 3.05) is 12.4 Å². The molecule has 1 aromatic heterocycles. The third-order valence-electron chi connectivity index (χ3n) is 4.73. The van der Waals surface area contributed by atoms with Gasteiger partial charge in [0, 0.05) is 30.1 Å². The van der Waals surface area contributed by atoms with Gasteiger partial charge in [0.25, 0.3) is 11.8 Å². The number of aryl methyl sites for hydroxylation is 1. The van der Waals surface area contributed by atoms with E-state index in [1.54, 1.807) is 31.5 Å². The zero-order valence-corrected chi connectivity index (χ0v) is 19.4. The fourth-order valence-electron chi connectivity index (χ4n) is 2.95. The average Bonchev–Trinajstić information content (AvgIpc) is 3.29. The predicted molar refractivity (Wildman–Crippen MR) is 131 cm³/mol. The number of hydrogen-bond donors (Lipinski definition) is 1. The van der Waals surface area contributed by atoms with Crippen molar-refractivity contribution in [2.45, 2.75) is 13.3 Å². The van der Waals surface area contributed by atoms with E-state index in [1.807, 2.05) is 12.1 Å². The molecule has 0 saturated carbocycles. The normalized spacial score (nSPS) is 15.0. The van der Waals surface area contributed by atoms with Crippen LogP contribution < -0.4 is 5.32 Å². The van der Waals surface area contributed by atoms with Gasteiger partial charge in [-0.2, -0.15) is 0 Å². The zero-order valence-electron chi connectivity index (χ0n) is 16.9. The number of carbonyl (C=O) groups excluding carboxylic acids is 2. The number of thiazole rings is 1. The van der Waals surface area contributed by atoms with Crippen molar-refractivity contribution in [3.8, 4) is 0 Å². The summed E-state index contributed by atoms with van der Waals surface area (Å²) in [5.74, 6) is -0.329. The Morgan fingerprint density at radius 2 is 1.87 bits per heavy atom. The fourth-order valence-corrected chi connectivity index (χ4v) is 4.97. The van der Waals surface area contributed by atoms with E-state index >= 15 is 0 Å². The standard InChI is InChI=1S/C23H19N3O2S3/c1-14-3-5-15(6-4-14)11-18-13-24-22(30-18)25-20(27)17-9-7-16(8-10-17)12-19-21(28)26(2)23(29)31-19/h3-10,12-13H,11H2,1-2H3,(H,24,25,27)/b19-12-. The van der Waals surface area contributed by atoms with Crippen LogP contribution in [0, 0.1) is 6.92 Å². The van der Waals surface area contributed by atoms with Gasteiger partial charge in [0.2, 0.25) is 0 Å². The minimum atomic E-state index is -0.220. The monoisotopic (exact) mass is 465 g/mol. The van der Waals surface area contributed by atoms with E-state index in [0.717, 1.165) is 16.9 Å². The van der Waals surface area contributed by atoms with Gasteiger partial charge in [-0.25, -0.2) is 4.98 Å². The summed E-state index contributed by atoms with van der Waals surface area (Å²) < 4.78 is 0.539. The fraction of sp³-hybridized carbons (Fsp3) is 0.130. The molecule has 2 heterocycles. The molecule has 1 fully saturated rings. The molecule has 2 aromatic carbocycles. The number of nitrogens with zero attached hydrogens (tertiary/aromatic N) is 2. The van der Waals surface area contributed by atoms with Crippen LogP contribution in [0.4, 0.5) is 5.13 Å². The van der Waals surface area contributed by atoms with Crippen LogP contribution in [-0.2, 0) is 11.2 Å². The summed E-state index contributed by atoms with van der Waals surface area (Å²) >= 11 is 7.89. The Kier molecular flexibility index (Phi) is 6.31. The average molecular weight is 466 g/mol. The van der Waals surface area contributed by atoms with Gasteiger partial charge in [-0.15, -0.1) is 11.3 Å². The van der Waals surface area contributed by atoms with Crippen molar-refractivity contribution >= 4 is 62.7 Å². The molecule has 1 aliphatic rings. The molecule has 0 atom stereocenters. The molecule has 5 nitrogen and oxygen atoms in total. The minimum absolute atomic E-state index is 0.109. The van der Waals surface area contributed by atoms with Gasteiger partial charge in [-0.1, -0.05) is 65.9 Å². The number of likely N-dealkylation sites (N-methyl/N-ethyl adjacent to an activating group) is 1. The van der Waals surface area contributed by atoms with Gasteiger partial charge in [-0.05, 0) is 36.3 Å². The summed E-state index contributed by atoms with van der Waals surface area (Å²) in [5.41, 5.74) is 3.80. The van der Waals surface area contributed by atoms with E-state index in [1.165, 1.54) is 39.1 Å². The molecule has 1 saturated heterocycles. The number of anilines is 1. The van der Waals surface area contributed by atoms with E-state index in [4.69, 9.17) is 12.2 Å². The number of hydrogen-bond acceptors (Lipinski definition) is 6. The lowest BCUT2D eigenvalue weighted by molar-refractivity contribution is -0.121. The summed E-state index contributed by atoms with van der Waals surface area (Å²) in [5, 5.41) is 3.43. The van der Waals surface area contributed by atoms with Gasteiger partial charge in [-0.3, -0.25) is 19.8 Å². The summed E-state index contributed by atoms with van der Waals surface area (Å²) in [6.07, 6.45) is 4.36. The third kappa shape index (κ3) is 5.10. The van der Waals surface area contributed by atoms with Crippen LogP contribution in [0.5, 0.6) is 0 Å². The Morgan fingerprint density at radius 3 is 2.52 bits per heavy atom. The third-order valence-corrected chi connectivity index (χ3v) is 7.13. The Labute approximate surface area is 194 Å². The first-order valence-electron chi connectivity index (χ1n) is 9.52. The highest BCUT2D eigenvalue weighted by atomic mass is 32.2. The maximum atomic E-state index is 12.6. The molecule has 2 amide bonds. The summed E-state index contributed by atoms with van der Waals surface area (Å²) in [6, 6.07) is 15.5. The zero-order chi connectivity index (χ0) is 22.0. The van der Waals surface area contributed by atoms with Crippen LogP contribution >= 0.6 is 35.3 Å². The van der Waals surface area contributed by atoms with E-state index in [0.29, 0.717) is 19.9 Å². The number of aromatic nitrogens is 1. The largest absolute Gasteiger partial charge is 0.298 e. The van der Waals surface area contributed by atoms with Crippen molar-refractivity contribution in [1.29, 1.82) is 0 Å². The quantitative estimate of drug-likeness (QED) is 0.418. The maximum Gasteiger partial charge on any atom is 0.265 e. The van der Waals surface area contributed by atoms with Crippen LogP contribution in [-0.4, -0.2) is 33.1 Å². The highest BCUT2D eigenvalue weighted by Crippen LogP contribution is 2.31. The Hall–Kier alpha value is -2.81. The molecule has 0 aliphatic carbocycles. The van der Waals surface area contributed by atoms with Crippen LogP contribution in [0.1, 0.15) is 31.9 Å². The molecular formula is C23H19N3O2S3. The second-order valence-corrected chi connectivity index (χ2v) is 9.90. The Morgan fingerprint density at radius 1 is 1.16 bits per heavy atom. The molecule has 31 heavy (non-hydrogen) atoms. The lowest BCUT2D eigenvalue weighted by Gasteiger charge is -2.04. The van der Waals surface area contributed by atoms with Crippen molar-refractivity contribution < 1.29 is 9.59 Å². The first-order valence-corrected chi connectivity index (χ1v) is 11.6. The number of thiocarbonyl (C=S) groups is 1. The second kappa shape index (κ2) is 9.13. The van der Waals surface area contributed by atoms with Crippen LogP contribution in [0.25, 0.3) is 6.08 Å². The van der Waals surface area contributed by atoms with Gasteiger partial charge >= 0.3 is 0 Å². The van der Waals surface area contributed by atoms with Crippen molar-refractivity contribution in [3.63, 3.8) is 0 Å². The molecule has 1 aliphatic heterocycles. The molecule has 156 valence electrons. The lowest BCUT2D eigenvalue weighted by atomic mass is 10.1. The smallest absolute Gasteiger partial charge is 0.265 e. The molecule has 0 radical (unpaired) electrons. The summed E-state index contributed by atoms with van der Waals surface area (Å²) in [6.45, 7) is 2.06. The highest BCUT2D eigenvalue weighted by molar-refractivity contribution is 8.26. The number of nitrogens with one attached hydrogen (secondary N) is 1. The van der Waals surface area contributed by atoms with Crippen molar-refractivity contribution in [1.82, 2.24) is 9.88 Å². The van der Waals surface area contributed by atoms with Crippen LogP contribution in [0.2, 0.25) is 0 Å². The van der Waals surface area contributed by atoms with Gasteiger partial charge < -0.3 is 0 Å². The number of thioether (sulfide) groups is 1. The predicted octanol–water partition coefficient (Wildman–Crippen LogP) is 5.13. The molecule has 0 bridgehead atoms. The molecule has 4 rings (SSSR count). The van der Waals surface area contributed by atoms with Crippen molar-refractivity contribution in [2.24, 2.45) is 0 Å². The highest BCUT2D eigenvalue weighted by Gasteiger charge is 2.28. The number of carbonyl (C=O) groups is 2. The minimum Gasteiger partial charge on any atom is -0.298 e. The molecule has 0 unspecified atom stereocenters. The van der Waals surface area contributed by atoms with Crippen LogP contribution in [0.15, 0.2) is 59.6 Å². The first kappa shape index (κ1) is 21.4. The molecule has 1 N–H and O–H groups in total. The van der Waals surface area contributed by atoms with Crippen molar-refractivity contribution in [3.05, 3.63) is 86.8 Å². The van der Waals surface area contributed by atoms with Gasteiger partial charge in [0.15, 0.2) is 5.13 Å². The summed E-state index contributed by atoms with van der Waals surface area (Å²) in [7, 11) is 1.66. The first-order chi connectivity index (χ1) is 14.9. The Bertz CT molecular complexity index is 1180. The second-order valence-electron chi connectivity index (χ2n) is 7.11. The van der Waals surface area contributed by atoms with E-state index in [-0.39, 0.29) is 11.8 Å². The molecular weight excluding hydrogens is 446 g/mol. The number of rotatable bonds is 5. The molecule has 3 aromatic rings. The SMILES string of the molecule is Cc1ccc(Cc2cnc(NC(=O)c3ccc(/C=C4\SC(=S)N(C)C4=O)cc3)s2)cc1. The van der Waals surface area contributed by atoms with E-state index < -0.39 is 0 Å². The van der Waals surface area contributed by atoms with E-state index in [2.05, 4.69) is 41.5 Å².